The Morgan fingerprint density at radius 1 is 1.33 bits per heavy atom. The van der Waals surface area contributed by atoms with Crippen LogP contribution in [0.4, 0.5) is 14.5 Å². The van der Waals surface area contributed by atoms with Gasteiger partial charge in [-0.3, -0.25) is 9.48 Å². The van der Waals surface area contributed by atoms with E-state index in [1.54, 1.807) is 4.68 Å². The van der Waals surface area contributed by atoms with E-state index in [0.29, 0.717) is 19.5 Å². The number of aliphatic carboxylic acids is 1. The zero-order chi connectivity index (χ0) is 17.1. The summed E-state index contributed by atoms with van der Waals surface area (Å²) < 4.78 is 28.5. The quantitative estimate of drug-likeness (QED) is 0.937. The van der Waals surface area contributed by atoms with Gasteiger partial charge in [0.15, 0.2) is 0 Å². The summed E-state index contributed by atoms with van der Waals surface area (Å²) in [5, 5.41) is 14.6. The number of benzene rings is 1. The molecule has 0 amide bonds. The first-order chi connectivity index (χ1) is 11.3. The summed E-state index contributed by atoms with van der Waals surface area (Å²) in [5.41, 5.74) is 2.63. The monoisotopic (exact) mass is 335 g/mol. The lowest BCUT2D eigenvalue weighted by molar-refractivity contribution is -0.138. The first kappa shape index (κ1) is 15.4. The van der Waals surface area contributed by atoms with Gasteiger partial charge in [-0.15, -0.1) is 0 Å². The van der Waals surface area contributed by atoms with Gasteiger partial charge >= 0.3 is 5.97 Å². The summed E-state index contributed by atoms with van der Waals surface area (Å²) in [4.78, 5) is 13.2. The number of aromatic nitrogens is 2. The number of hydrogen-bond donors (Lipinski definition) is 1. The summed E-state index contributed by atoms with van der Waals surface area (Å²) in [6.07, 6.45) is 2.21. The topological polar surface area (TPSA) is 58.4 Å². The highest BCUT2D eigenvalue weighted by molar-refractivity contribution is 5.88. The molecule has 1 saturated heterocycles. The van der Waals surface area contributed by atoms with Gasteiger partial charge in [0, 0.05) is 56.2 Å². The largest absolute Gasteiger partial charge is 0.481 e. The summed E-state index contributed by atoms with van der Waals surface area (Å²) in [5.74, 6) is -3.77. The predicted octanol–water partition coefficient (Wildman–Crippen LogP) is 3.00. The van der Waals surface area contributed by atoms with Crippen molar-refractivity contribution in [1.29, 1.82) is 0 Å². The first-order valence-electron chi connectivity index (χ1n) is 8.17. The highest BCUT2D eigenvalue weighted by atomic mass is 19.3. The number of anilines is 1. The molecule has 1 aliphatic carbocycles. The molecule has 2 aliphatic rings. The maximum absolute atomic E-state index is 13.4. The van der Waals surface area contributed by atoms with Crippen molar-refractivity contribution in [3.8, 4) is 0 Å². The molecule has 2 aromatic rings. The van der Waals surface area contributed by atoms with E-state index in [0.717, 1.165) is 22.2 Å². The Morgan fingerprint density at radius 2 is 2.04 bits per heavy atom. The lowest BCUT2D eigenvalue weighted by Gasteiger charge is -2.33. The third-order valence-corrected chi connectivity index (χ3v) is 5.10. The van der Waals surface area contributed by atoms with Crippen molar-refractivity contribution in [3.63, 3.8) is 0 Å². The SMILES string of the molecule is Cn1cc2cc(N3CCC(F)(F)CC3)cc([C@@H]3C[C@H]3C(=O)O)c2n1. The molecule has 2 fully saturated rings. The number of carboxylic acid groups (broad SMARTS) is 1. The Labute approximate surface area is 137 Å². The molecule has 2 atom stereocenters. The molecule has 4 rings (SSSR count). The number of piperidine rings is 1. The molecule has 5 nitrogen and oxygen atoms in total. The van der Waals surface area contributed by atoms with Crippen LogP contribution in [0.2, 0.25) is 0 Å². The standard InChI is InChI=1S/C17H19F2N3O2/c1-21-9-10-6-11(22-4-2-17(18,19)3-5-22)7-13(15(10)20-21)12-8-14(12)16(23)24/h6-7,9,12,14H,2-5,8H2,1H3,(H,23,24)/t12-,14+/m0/s1. The fourth-order valence-electron chi connectivity index (χ4n) is 3.63. The van der Waals surface area contributed by atoms with Gasteiger partial charge in [-0.05, 0) is 24.1 Å². The fourth-order valence-corrected chi connectivity index (χ4v) is 3.63. The number of rotatable bonds is 3. The molecule has 2 heterocycles. The van der Waals surface area contributed by atoms with Crippen molar-refractivity contribution in [3.05, 3.63) is 23.9 Å². The average molecular weight is 335 g/mol. The van der Waals surface area contributed by atoms with E-state index in [9.17, 15) is 18.7 Å². The third kappa shape index (κ3) is 2.61. The van der Waals surface area contributed by atoms with Gasteiger partial charge in [-0.1, -0.05) is 0 Å². The maximum Gasteiger partial charge on any atom is 0.307 e. The predicted molar refractivity (Wildman–Crippen MR) is 85.6 cm³/mol. The second-order valence-electron chi connectivity index (χ2n) is 6.91. The normalized spacial score (nSPS) is 25.9. The van der Waals surface area contributed by atoms with Crippen LogP contribution < -0.4 is 4.90 Å². The van der Waals surface area contributed by atoms with Crippen LogP contribution in [0.3, 0.4) is 0 Å². The Morgan fingerprint density at radius 3 is 2.67 bits per heavy atom. The minimum Gasteiger partial charge on any atom is -0.481 e. The van der Waals surface area contributed by atoms with E-state index in [-0.39, 0.29) is 24.7 Å². The van der Waals surface area contributed by atoms with E-state index in [1.165, 1.54) is 0 Å². The molecule has 1 saturated carbocycles. The number of halogens is 2. The van der Waals surface area contributed by atoms with E-state index in [1.807, 2.05) is 30.3 Å². The van der Waals surface area contributed by atoms with Crippen LogP contribution in [0.1, 0.15) is 30.7 Å². The maximum atomic E-state index is 13.4. The van der Waals surface area contributed by atoms with Gasteiger partial charge in [0.2, 0.25) is 0 Å². The van der Waals surface area contributed by atoms with Crippen molar-refractivity contribution in [2.75, 3.05) is 18.0 Å². The van der Waals surface area contributed by atoms with Gasteiger partial charge in [0.1, 0.15) is 0 Å². The number of alkyl halides is 2. The second kappa shape index (κ2) is 5.16. The number of carboxylic acids is 1. The van der Waals surface area contributed by atoms with Crippen LogP contribution in [-0.4, -0.2) is 39.9 Å². The fraction of sp³-hybridized carbons (Fsp3) is 0.529. The molecule has 0 spiro atoms. The summed E-state index contributed by atoms with van der Waals surface area (Å²) in [7, 11) is 1.83. The van der Waals surface area contributed by atoms with Crippen molar-refractivity contribution in [2.45, 2.75) is 31.1 Å². The summed E-state index contributed by atoms with van der Waals surface area (Å²) in [6.45, 7) is 0.621. The zero-order valence-corrected chi connectivity index (χ0v) is 13.4. The molecule has 0 radical (unpaired) electrons. The van der Waals surface area contributed by atoms with Gasteiger partial charge in [0.25, 0.3) is 5.92 Å². The summed E-state index contributed by atoms with van der Waals surface area (Å²) in [6, 6.07) is 3.92. The zero-order valence-electron chi connectivity index (χ0n) is 13.4. The Kier molecular flexibility index (Phi) is 3.30. The minimum absolute atomic E-state index is 0.0360. The number of aryl methyl sites for hydroxylation is 1. The molecule has 1 aromatic heterocycles. The van der Waals surface area contributed by atoms with Gasteiger partial charge in [-0.25, -0.2) is 8.78 Å². The van der Waals surface area contributed by atoms with Crippen molar-refractivity contribution in [2.24, 2.45) is 13.0 Å². The molecule has 128 valence electrons. The molecule has 1 N–H and O–H groups in total. The van der Waals surface area contributed by atoms with E-state index < -0.39 is 11.9 Å². The smallest absolute Gasteiger partial charge is 0.307 e. The van der Waals surface area contributed by atoms with Crippen molar-refractivity contribution in [1.82, 2.24) is 9.78 Å². The van der Waals surface area contributed by atoms with Crippen LogP contribution in [-0.2, 0) is 11.8 Å². The Bertz CT molecular complexity index is 808. The summed E-state index contributed by atoms with van der Waals surface area (Å²) >= 11 is 0. The van der Waals surface area contributed by atoms with Crippen molar-refractivity contribution < 1.29 is 18.7 Å². The Balaban J connectivity index is 1.71. The van der Waals surface area contributed by atoms with Gasteiger partial charge in [-0.2, -0.15) is 5.10 Å². The number of carbonyl (C=O) groups is 1. The molecule has 7 heteroatoms. The Hall–Kier alpha value is -2.18. The van der Waals surface area contributed by atoms with E-state index >= 15 is 0 Å². The van der Waals surface area contributed by atoms with E-state index in [4.69, 9.17) is 0 Å². The molecule has 24 heavy (non-hydrogen) atoms. The van der Waals surface area contributed by atoms with Gasteiger partial charge < -0.3 is 10.0 Å². The number of hydrogen-bond acceptors (Lipinski definition) is 3. The third-order valence-electron chi connectivity index (χ3n) is 5.10. The number of fused-ring (bicyclic) bond motifs is 1. The van der Waals surface area contributed by atoms with Crippen molar-refractivity contribution >= 4 is 22.6 Å². The van der Waals surface area contributed by atoms with E-state index in [2.05, 4.69) is 5.10 Å². The average Bonchev–Trinajstić information content (AvgIpc) is 3.21. The molecule has 0 unspecified atom stereocenters. The highest BCUT2D eigenvalue weighted by Gasteiger charge is 2.45. The lowest BCUT2D eigenvalue weighted by Crippen LogP contribution is -2.39. The highest BCUT2D eigenvalue weighted by Crippen LogP contribution is 2.50. The molecule has 1 aromatic carbocycles. The second-order valence-corrected chi connectivity index (χ2v) is 6.91. The van der Waals surface area contributed by atoms with Crippen LogP contribution in [0, 0.1) is 5.92 Å². The molecule has 0 bridgehead atoms. The lowest BCUT2D eigenvalue weighted by atomic mass is 10.0. The van der Waals surface area contributed by atoms with Crippen LogP contribution in [0.15, 0.2) is 18.3 Å². The molecular weight excluding hydrogens is 316 g/mol. The van der Waals surface area contributed by atoms with Crippen LogP contribution >= 0.6 is 0 Å². The van der Waals surface area contributed by atoms with Crippen LogP contribution in [0.25, 0.3) is 10.9 Å². The van der Waals surface area contributed by atoms with Gasteiger partial charge in [0.05, 0.1) is 11.4 Å². The van der Waals surface area contributed by atoms with Crippen LogP contribution in [0.5, 0.6) is 0 Å². The number of nitrogens with zero attached hydrogens (tertiary/aromatic N) is 3. The minimum atomic E-state index is -2.58. The molecular formula is C17H19F2N3O2. The first-order valence-corrected chi connectivity index (χ1v) is 8.17. The molecule has 1 aliphatic heterocycles.